The zero-order valence-electron chi connectivity index (χ0n) is 12.9. The molecule has 134 valence electrons. The molecule has 1 unspecified atom stereocenters. The van der Waals surface area contributed by atoms with Gasteiger partial charge in [-0.3, -0.25) is 20.2 Å². The summed E-state index contributed by atoms with van der Waals surface area (Å²) in [4.78, 5) is 26.8. The van der Waals surface area contributed by atoms with Gasteiger partial charge in [0.2, 0.25) is 5.91 Å². The summed E-state index contributed by atoms with van der Waals surface area (Å²) in [7, 11) is 0. The van der Waals surface area contributed by atoms with Crippen LogP contribution < -0.4 is 10.2 Å². The van der Waals surface area contributed by atoms with E-state index in [1.165, 1.54) is 6.07 Å². The van der Waals surface area contributed by atoms with E-state index in [0.717, 1.165) is 17.3 Å². The lowest BCUT2D eigenvalue weighted by Crippen LogP contribution is -2.53. The molecule has 1 amide bonds. The first-order valence-corrected chi connectivity index (χ1v) is 8.40. The molecule has 10 heteroatoms. The van der Waals surface area contributed by atoms with Gasteiger partial charge in [-0.1, -0.05) is 6.07 Å². The third-order valence-corrected chi connectivity index (χ3v) is 4.95. The molecular weight excluding hydrogens is 375 g/mol. The van der Waals surface area contributed by atoms with Gasteiger partial charge in [0, 0.05) is 55.6 Å². The van der Waals surface area contributed by atoms with Crippen LogP contribution in [0.15, 0.2) is 24.3 Å². The lowest BCUT2D eigenvalue weighted by molar-refractivity contribution is -0.384. The maximum absolute atomic E-state index is 12.3. The minimum absolute atomic E-state index is 0. The van der Waals surface area contributed by atoms with E-state index in [4.69, 9.17) is 0 Å². The molecule has 1 atom stereocenters. The number of nitrogens with zero attached hydrogens (tertiary/aromatic N) is 3. The molecule has 0 aromatic heterocycles. The summed E-state index contributed by atoms with van der Waals surface area (Å²) >= 11 is 1.74. The van der Waals surface area contributed by atoms with E-state index in [9.17, 15) is 14.9 Å². The van der Waals surface area contributed by atoms with Crippen LogP contribution in [-0.2, 0) is 4.79 Å². The number of piperazine rings is 1. The Morgan fingerprint density at radius 3 is 2.54 bits per heavy atom. The number of carbonyl (C=O) groups excluding carboxylic acids is 1. The standard InChI is InChI=1S/C14H18N4O3S.2ClH/c19-14(13-9-22-10-15-13)17-6-4-16(5-7-17)11-2-1-3-12(8-11)18(20)21;;/h1-3,8,13,15H,4-7,9-10H2;2*1H. The predicted octanol–water partition coefficient (Wildman–Crippen LogP) is 1.75. The van der Waals surface area contributed by atoms with E-state index in [0.29, 0.717) is 26.2 Å². The Hall–Kier alpha value is -1.22. The Balaban J connectivity index is 0.00000144. The molecule has 0 bridgehead atoms. The van der Waals surface area contributed by atoms with Crippen molar-refractivity contribution < 1.29 is 9.72 Å². The molecule has 1 aromatic rings. The highest BCUT2D eigenvalue weighted by Gasteiger charge is 2.29. The Morgan fingerprint density at radius 1 is 1.25 bits per heavy atom. The summed E-state index contributed by atoms with van der Waals surface area (Å²) in [6, 6.07) is 6.60. The fourth-order valence-electron chi connectivity index (χ4n) is 2.76. The summed E-state index contributed by atoms with van der Waals surface area (Å²) in [6.07, 6.45) is 0. The van der Waals surface area contributed by atoms with Crippen molar-refractivity contribution in [1.82, 2.24) is 10.2 Å². The third kappa shape index (κ3) is 4.66. The number of anilines is 1. The van der Waals surface area contributed by atoms with Crippen LogP contribution >= 0.6 is 36.6 Å². The van der Waals surface area contributed by atoms with Crippen LogP contribution in [0.5, 0.6) is 0 Å². The van der Waals surface area contributed by atoms with Crippen molar-refractivity contribution in [2.75, 3.05) is 42.7 Å². The van der Waals surface area contributed by atoms with Crippen LogP contribution in [0.3, 0.4) is 0 Å². The monoisotopic (exact) mass is 394 g/mol. The zero-order chi connectivity index (χ0) is 15.5. The highest BCUT2D eigenvalue weighted by atomic mass is 35.5. The number of carbonyl (C=O) groups is 1. The molecular formula is C14H20Cl2N4O3S. The van der Waals surface area contributed by atoms with Crippen LogP contribution in [0, 0.1) is 10.1 Å². The maximum atomic E-state index is 12.3. The fourth-order valence-corrected chi connectivity index (χ4v) is 3.70. The molecule has 0 saturated carbocycles. The Labute approximate surface area is 157 Å². The van der Waals surface area contributed by atoms with Crippen LogP contribution in [0.25, 0.3) is 0 Å². The maximum Gasteiger partial charge on any atom is 0.271 e. The summed E-state index contributed by atoms with van der Waals surface area (Å²) in [5.74, 6) is 1.84. The van der Waals surface area contributed by atoms with Crippen molar-refractivity contribution in [3.63, 3.8) is 0 Å². The molecule has 2 saturated heterocycles. The number of hydrogen-bond acceptors (Lipinski definition) is 6. The lowest BCUT2D eigenvalue weighted by atomic mass is 10.2. The summed E-state index contributed by atoms with van der Waals surface area (Å²) in [6.45, 7) is 2.72. The first-order chi connectivity index (χ1) is 10.6. The van der Waals surface area contributed by atoms with E-state index in [2.05, 4.69) is 10.2 Å². The van der Waals surface area contributed by atoms with Crippen LogP contribution in [0.1, 0.15) is 0 Å². The van der Waals surface area contributed by atoms with Gasteiger partial charge < -0.3 is 9.80 Å². The van der Waals surface area contributed by atoms with Gasteiger partial charge in [0.05, 0.1) is 11.0 Å². The minimum atomic E-state index is -0.382. The van der Waals surface area contributed by atoms with Gasteiger partial charge in [-0.25, -0.2) is 0 Å². The normalized spacial score (nSPS) is 20.1. The molecule has 2 heterocycles. The second-order valence-electron chi connectivity index (χ2n) is 5.36. The Morgan fingerprint density at radius 2 is 1.96 bits per heavy atom. The number of rotatable bonds is 3. The minimum Gasteiger partial charge on any atom is -0.368 e. The van der Waals surface area contributed by atoms with Gasteiger partial charge in [-0.05, 0) is 6.07 Å². The van der Waals surface area contributed by atoms with E-state index >= 15 is 0 Å². The largest absolute Gasteiger partial charge is 0.368 e. The van der Waals surface area contributed by atoms with Crippen LogP contribution in [-0.4, -0.2) is 59.6 Å². The molecule has 3 rings (SSSR count). The average molecular weight is 395 g/mol. The second-order valence-corrected chi connectivity index (χ2v) is 6.39. The van der Waals surface area contributed by atoms with E-state index in [1.54, 1.807) is 23.9 Å². The first-order valence-electron chi connectivity index (χ1n) is 7.24. The molecule has 2 fully saturated rings. The molecule has 0 radical (unpaired) electrons. The molecule has 7 nitrogen and oxygen atoms in total. The van der Waals surface area contributed by atoms with Crippen molar-refractivity contribution >= 4 is 53.9 Å². The van der Waals surface area contributed by atoms with Crippen molar-refractivity contribution in [2.45, 2.75) is 6.04 Å². The van der Waals surface area contributed by atoms with Gasteiger partial charge in [0.1, 0.15) is 0 Å². The van der Waals surface area contributed by atoms with Crippen LogP contribution in [0.4, 0.5) is 11.4 Å². The topological polar surface area (TPSA) is 78.7 Å². The number of thioether (sulfide) groups is 1. The predicted molar refractivity (Wildman–Crippen MR) is 101 cm³/mol. The van der Waals surface area contributed by atoms with Gasteiger partial charge >= 0.3 is 0 Å². The summed E-state index contributed by atoms with van der Waals surface area (Å²) in [5, 5.41) is 14.0. The molecule has 0 spiro atoms. The molecule has 1 N–H and O–H groups in total. The van der Waals surface area contributed by atoms with Crippen molar-refractivity contribution in [3.05, 3.63) is 34.4 Å². The third-order valence-electron chi connectivity index (χ3n) is 4.01. The first kappa shape index (κ1) is 20.8. The van der Waals surface area contributed by atoms with Gasteiger partial charge in [0.25, 0.3) is 5.69 Å². The van der Waals surface area contributed by atoms with E-state index < -0.39 is 0 Å². The number of amides is 1. The highest BCUT2D eigenvalue weighted by molar-refractivity contribution is 7.99. The molecule has 2 aliphatic heterocycles. The Bertz CT molecular complexity index is 579. The quantitative estimate of drug-likeness (QED) is 0.621. The second kappa shape index (κ2) is 9.31. The number of nitro benzene ring substituents is 1. The average Bonchev–Trinajstić information content (AvgIpc) is 3.09. The summed E-state index contributed by atoms with van der Waals surface area (Å²) in [5.41, 5.74) is 0.944. The van der Waals surface area contributed by atoms with Crippen molar-refractivity contribution in [1.29, 1.82) is 0 Å². The van der Waals surface area contributed by atoms with Gasteiger partial charge in [-0.2, -0.15) is 0 Å². The number of nitro groups is 1. The molecule has 24 heavy (non-hydrogen) atoms. The van der Waals surface area contributed by atoms with Gasteiger partial charge in [0.15, 0.2) is 0 Å². The zero-order valence-corrected chi connectivity index (χ0v) is 15.4. The van der Waals surface area contributed by atoms with Crippen LogP contribution in [0.2, 0.25) is 0 Å². The summed E-state index contributed by atoms with van der Waals surface area (Å²) < 4.78 is 0. The number of hydrogen-bond donors (Lipinski definition) is 1. The number of non-ortho nitro benzene ring substituents is 1. The number of benzene rings is 1. The van der Waals surface area contributed by atoms with Gasteiger partial charge in [-0.15, -0.1) is 36.6 Å². The molecule has 1 aromatic carbocycles. The van der Waals surface area contributed by atoms with Crippen molar-refractivity contribution in [2.24, 2.45) is 0 Å². The molecule has 2 aliphatic rings. The van der Waals surface area contributed by atoms with E-state index in [-0.39, 0.29) is 47.4 Å². The number of halogens is 2. The SMILES string of the molecule is Cl.Cl.O=C(C1CSCN1)N1CCN(c2cccc([N+](=O)[O-])c2)CC1. The number of nitrogens with one attached hydrogen (secondary N) is 1. The Kier molecular flexibility index (Phi) is 8.08. The fraction of sp³-hybridized carbons (Fsp3) is 0.500. The molecule has 0 aliphatic carbocycles. The lowest BCUT2D eigenvalue weighted by Gasteiger charge is -2.37. The highest BCUT2D eigenvalue weighted by Crippen LogP contribution is 2.22. The van der Waals surface area contributed by atoms with Crippen molar-refractivity contribution in [3.8, 4) is 0 Å². The smallest absolute Gasteiger partial charge is 0.271 e. The van der Waals surface area contributed by atoms with E-state index in [1.807, 2.05) is 11.0 Å².